The number of ether oxygens (including phenoxy) is 2. The van der Waals surface area contributed by atoms with Crippen LogP contribution >= 0.6 is 0 Å². The van der Waals surface area contributed by atoms with E-state index < -0.39 is 10.0 Å². The molecule has 1 aliphatic rings. The highest BCUT2D eigenvalue weighted by Gasteiger charge is 2.36. The molecule has 146 valence electrons. The Kier molecular flexibility index (Phi) is 5.89. The van der Waals surface area contributed by atoms with E-state index in [-0.39, 0.29) is 12.1 Å². The second-order valence-electron chi connectivity index (χ2n) is 7.16. The maximum atomic E-state index is 13.4. The highest BCUT2D eigenvalue weighted by molar-refractivity contribution is 7.89. The van der Waals surface area contributed by atoms with Gasteiger partial charge in [0.05, 0.1) is 24.7 Å². The van der Waals surface area contributed by atoms with E-state index in [0.29, 0.717) is 35.8 Å². The van der Waals surface area contributed by atoms with Crippen molar-refractivity contribution in [3.63, 3.8) is 0 Å². The predicted octanol–water partition coefficient (Wildman–Crippen LogP) is 3.33. The van der Waals surface area contributed by atoms with Crippen LogP contribution < -0.4 is 4.74 Å². The number of hydrogen-bond donors (Lipinski definition) is 0. The number of methoxy groups -OCH3 is 1. The van der Waals surface area contributed by atoms with Crippen LogP contribution in [0.2, 0.25) is 0 Å². The molecular formula is C21H27NO4S. The molecule has 0 spiro atoms. The minimum absolute atomic E-state index is 0.155. The van der Waals surface area contributed by atoms with Gasteiger partial charge in [0.15, 0.2) is 0 Å². The molecule has 1 heterocycles. The van der Waals surface area contributed by atoms with Crippen LogP contribution in [-0.2, 0) is 21.2 Å². The highest BCUT2D eigenvalue weighted by Crippen LogP contribution is 2.30. The Morgan fingerprint density at radius 3 is 2.52 bits per heavy atom. The summed E-state index contributed by atoms with van der Waals surface area (Å²) in [5.74, 6) is 0.698. The van der Waals surface area contributed by atoms with Crippen molar-refractivity contribution in [1.29, 1.82) is 0 Å². The van der Waals surface area contributed by atoms with E-state index in [1.54, 1.807) is 30.5 Å². The van der Waals surface area contributed by atoms with Gasteiger partial charge in [0.2, 0.25) is 10.0 Å². The fraction of sp³-hybridized carbons (Fsp3) is 0.429. The molecule has 1 fully saturated rings. The first-order valence-corrected chi connectivity index (χ1v) is 10.6. The van der Waals surface area contributed by atoms with Gasteiger partial charge in [-0.3, -0.25) is 0 Å². The first kappa shape index (κ1) is 19.9. The van der Waals surface area contributed by atoms with Gasteiger partial charge >= 0.3 is 0 Å². The Bertz CT molecular complexity index is 896. The molecule has 2 aromatic carbocycles. The van der Waals surface area contributed by atoms with Crippen molar-refractivity contribution in [2.45, 2.75) is 44.2 Å². The second kappa shape index (κ2) is 8.00. The van der Waals surface area contributed by atoms with Crippen LogP contribution in [0.25, 0.3) is 0 Å². The van der Waals surface area contributed by atoms with E-state index in [4.69, 9.17) is 9.47 Å². The quantitative estimate of drug-likeness (QED) is 0.787. The molecule has 2 atom stereocenters. The van der Waals surface area contributed by atoms with Crippen LogP contribution in [-0.4, -0.2) is 45.1 Å². The van der Waals surface area contributed by atoms with Crippen LogP contribution in [0, 0.1) is 13.8 Å². The zero-order valence-electron chi connectivity index (χ0n) is 16.3. The largest absolute Gasteiger partial charge is 0.496 e. The molecule has 2 unspecified atom stereocenters. The van der Waals surface area contributed by atoms with Crippen LogP contribution in [0.4, 0.5) is 0 Å². The summed E-state index contributed by atoms with van der Waals surface area (Å²) in [6, 6.07) is 13.3. The average molecular weight is 390 g/mol. The number of rotatable bonds is 5. The maximum absolute atomic E-state index is 13.4. The lowest BCUT2D eigenvalue weighted by molar-refractivity contribution is -0.0265. The van der Waals surface area contributed by atoms with E-state index in [0.717, 1.165) is 11.1 Å². The molecule has 2 aromatic rings. The lowest BCUT2D eigenvalue weighted by Crippen LogP contribution is -2.51. The van der Waals surface area contributed by atoms with Gasteiger partial charge in [0, 0.05) is 12.6 Å². The van der Waals surface area contributed by atoms with Crippen LogP contribution in [0.5, 0.6) is 5.75 Å². The van der Waals surface area contributed by atoms with E-state index >= 15 is 0 Å². The van der Waals surface area contributed by atoms with Crippen LogP contribution in [0.3, 0.4) is 0 Å². The maximum Gasteiger partial charge on any atom is 0.243 e. The Labute approximate surface area is 162 Å². The normalized spacial score (nSPS) is 21.2. The molecule has 0 bridgehead atoms. The van der Waals surface area contributed by atoms with Crippen molar-refractivity contribution in [3.8, 4) is 5.75 Å². The Morgan fingerprint density at radius 2 is 1.85 bits per heavy atom. The van der Waals surface area contributed by atoms with Gasteiger partial charge in [-0.15, -0.1) is 0 Å². The fourth-order valence-corrected chi connectivity index (χ4v) is 5.46. The van der Waals surface area contributed by atoms with Gasteiger partial charge in [-0.25, -0.2) is 8.42 Å². The zero-order chi connectivity index (χ0) is 19.6. The molecule has 1 saturated heterocycles. The third-order valence-electron chi connectivity index (χ3n) is 5.03. The number of sulfonamides is 1. The first-order valence-electron chi connectivity index (χ1n) is 9.15. The smallest absolute Gasteiger partial charge is 0.243 e. The average Bonchev–Trinajstić information content (AvgIpc) is 2.65. The topological polar surface area (TPSA) is 55.8 Å². The van der Waals surface area contributed by atoms with Crippen molar-refractivity contribution in [2.24, 2.45) is 0 Å². The number of nitrogens with zero attached hydrogens (tertiary/aromatic N) is 1. The Hall–Kier alpha value is -1.89. The van der Waals surface area contributed by atoms with Crippen LogP contribution in [0.15, 0.2) is 47.4 Å². The van der Waals surface area contributed by atoms with Gasteiger partial charge in [-0.1, -0.05) is 30.3 Å². The number of aryl methyl sites for hydroxylation is 2. The molecular weight excluding hydrogens is 362 g/mol. The first-order chi connectivity index (χ1) is 12.8. The molecule has 6 heteroatoms. The zero-order valence-corrected chi connectivity index (χ0v) is 17.1. The van der Waals surface area contributed by atoms with Crippen LogP contribution in [0.1, 0.15) is 23.6 Å². The lowest BCUT2D eigenvalue weighted by atomic mass is 10.1. The van der Waals surface area contributed by atoms with Gasteiger partial charge in [-0.2, -0.15) is 4.31 Å². The minimum atomic E-state index is -3.62. The molecule has 27 heavy (non-hydrogen) atoms. The predicted molar refractivity (Wildman–Crippen MR) is 106 cm³/mol. The van der Waals surface area contributed by atoms with E-state index in [9.17, 15) is 8.42 Å². The van der Waals surface area contributed by atoms with Gasteiger partial charge < -0.3 is 9.47 Å². The summed E-state index contributed by atoms with van der Waals surface area (Å²) in [6.45, 7) is 6.30. The van der Waals surface area contributed by atoms with Gasteiger partial charge in [0.1, 0.15) is 5.75 Å². The summed E-state index contributed by atoms with van der Waals surface area (Å²) < 4.78 is 39.6. The van der Waals surface area contributed by atoms with Gasteiger partial charge in [-0.05, 0) is 56.0 Å². The summed E-state index contributed by atoms with van der Waals surface area (Å²) in [5, 5.41) is 0. The van der Waals surface area contributed by atoms with Crippen molar-refractivity contribution in [1.82, 2.24) is 4.31 Å². The van der Waals surface area contributed by atoms with Crippen molar-refractivity contribution >= 4 is 10.0 Å². The van der Waals surface area contributed by atoms with E-state index in [1.807, 2.05) is 44.2 Å². The minimum Gasteiger partial charge on any atom is -0.496 e. The monoisotopic (exact) mass is 389 g/mol. The summed E-state index contributed by atoms with van der Waals surface area (Å²) in [6.07, 6.45) is 0.540. The van der Waals surface area contributed by atoms with E-state index in [2.05, 4.69) is 0 Å². The highest BCUT2D eigenvalue weighted by atomic mass is 32.2. The van der Waals surface area contributed by atoms with Crippen molar-refractivity contribution in [3.05, 3.63) is 59.2 Å². The van der Waals surface area contributed by atoms with Crippen molar-refractivity contribution in [2.75, 3.05) is 20.3 Å². The molecule has 0 radical (unpaired) electrons. The molecule has 1 aliphatic heterocycles. The SMILES string of the molecule is COc1cc(C)c(S(=O)(=O)N2CC(Cc3ccccc3)OCC2C)cc1C. The summed E-state index contributed by atoms with van der Waals surface area (Å²) in [4.78, 5) is 0.341. The lowest BCUT2D eigenvalue weighted by Gasteiger charge is -2.37. The molecule has 0 N–H and O–H groups in total. The summed E-state index contributed by atoms with van der Waals surface area (Å²) in [7, 11) is -2.03. The van der Waals surface area contributed by atoms with E-state index in [1.165, 1.54) is 0 Å². The third kappa shape index (κ3) is 4.18. The molecule has 3 rings (SSSR count). The fourth-order valence-electron chi connectivity index (χ4n) is 3.51. The number of hydrogen-bond acceptors (Lipinski definition) is 4. The molecule has 0 aromatic heterocycles. The second-order valence-corrected chi connectivity index (χ2v) is 9.02. The van der Waals surface area contributed by atoms with Gasteiger partial charge in [0.25, 0.3) is 0 Å². The number of morpholine rings is 1. The molecule has 5 nitrogen and oxygen atoms in total. The molecule has 0 saturated carbocycles. The summed E-state index contributed by atoms with van der Waals surface area (Å²) >= 11 is 0. The Morgan fingerprint density at radius 1 is 1.15 bits per heavy atom. The molecule has 0 amide bonds. The van der Waals surface area contributed by atoms with Crippen molar-refractivity contribution < 1.29 is 17.9 Å². The third-order valence-corrected chi connectivity index (χ3v) is 7.16. The Balaban J connectivity index is 1.87. The number of benzene rings is 2. The molecule has 0 aliphatic carbocycles. The standard InChI is InChI=1S/C21H27NO4S/c1-15-11-21(16(2)10-20(15)25-4)27(23,24)22-13-19(26-14-17(22)3)12-18-8-6-5-7-9-18/h5-11,17,19H,12-14H2,1-4H3. The summed E-state index contributed by atoms with van der Waals surface area (Å²) in [5.41, 5.74) is 2.64.